The Hall–Kier alpha value is -1.88. The molecule has 0 fully saturated rings. The van der Waals surface area contributed by atoms with E-state index in [4.69, 9.17) is 11.6 Å². The number of benzene rings is 1. The average Bonchev–Trinajstić information content (AvgIpc) is 2.76. The van der Waals surface area contributed by atoms with Gasteiger partial charge >= 0.3 is 0 Å². The number of rotatable bonds is 3. The molecule has 0 unspecified atom stereocenters. The second-order valence-electron chi connectivity index (χ2n) is 4.24. The van der Waals surface area contributed by atoms with Crippen molar-refractivity contribution in [2.75, 3.05) is 5.32 Å². The zero-order valence-corrected chi connectivity index (χ0v) is 11.3. The Morgan fingerprint density at radius 1 is 1.47 bits per heavy atom. The number of carbonyl (C=O) groups excluding carboxylic acids is 1. The maximum Gasteiger partial charge on any atom is 0.222 e. The molecular weight excluding hydrogens is 269 g/mol. The number of carbonyl (C=O) groups is 1. The predicted molar refractivity (Wildman–Crippen MR) is 71.8 cm³/mol. The van der Waals surface area contributed by atoms with E-state index < -0.39 is 0 Å². The van der Waals surface area contributed by atoms with E-state index >= 15 is 0 Å². The molecule has 1 aromatic carbocycles. The van der Waals surface area contributed by atoms with Crippen molar-refractivity contribution < 1.29 is 9.18 Å². The fourth-order valence-corrected chi connectivity index (χ4v) is 1.93. The number of aryl methyl sites for hydroxylation is 1. The number of nitrogens with zero attached hydrogens (tertiary/aromatic N) is 2. The summed E-state index contributed by atoms with van der Waals surface area (Å²) in [6.45, 7) is 3.43. The monoisotopic (exact) mass is 281 g/mol. The van der Waals surface area contributed by atoms with Crippen molar-refractivity contribution in [2.45, 2.75) is 20.4 Å². The number of hydrogen-bond acceptors (Lipinski definition) is 2. The summed E-state index contributed by atoms with van der Waals surface area (Å²) >= 11 is 6.09. The quantitative estimate of drug-likeness (QED) is 0.940. The molecule has 1 aromatic heterocycles. The van der Waals surface area contributed by atoms with Gasteiger partial charge in [0, 0.05) is 24.8 Å². The van der Waals surface area contributed by atoms with Crippen molar-refractivity contribution in [2.24, 2.45) is 0 Å². The largest absolute Gasteiger partial charge is 0.309 e. The van der Waals surface area contributed by atoms with Gasteiger partial charge in [0.1, 0.15) is 5.82 Å². The van der Waals surface area contributed by atoms with Gasteiger partial charge in [0.25, 0.3) is 0 Å². The highest BCUT2D eigenvalue weighted by molar-refractivity contribution is 6.32. The van der Waals surface area contributed by atoms with Gasteiger partial charge in [-0.1, -0.05) is 17.7 Å². The summed E-state index contributed by atoms with van der Waals surface area (Å²) in [7, 11) is 0. The Morgan fingerprint density at radius 2 is 2.21 bits per heavy atom. The van der Waals surface area contributed by atoms with E-state index in [9.17, 15) is 9.18 Å². The molecule has 0 spiro atoms. The first kappa shape index (κ1) is 13.5. The van der Waals surface area contributed by atoms with Crippen LogP contribution in [0.15, 0.2) is 24.4 Å². The lowest BCUT2D eigenvalue weighted by Crippen LogP contribution is -2.08. The minimum Gasteiger partial charge on any atom is -0.309 e. The van der Waals surface area contributed by atoms with Gasteiger partial charge in [-0.15, -0.1) is 0 Å². The third-order valence-corrected chi connectivity index (χ3v) is 3.17. The molecule has 0 aliphatic heterocycles. The summed E-state index contributed by atoms with van der Waals surface area (Å²) in [5, 5.41) is 7.07. The van der Waals surface area contributed by atoms with E-state index in [1.807, 2.05) is 6.92 Å². The smallest absolute Gasteiger partial charge is 0.222 e. The van der Waals surface area contributed by atoms with Gasteiger partial charge in [0.2, 0.25) is 5.91 Å². The zero-order valence-electron chi connectivity index (χ0n) is 10.6. The van der Waals surface area contributed by atoms with E-state index in [2.05, 4.69) is 10.4 Å². The lowest BCUT2D eigenvalue weighted by molar-refractivity contribution is -0.114. The maximum atomic E-state index is 13.7. The molecular formula is C13H13ClFN3O. The summed E-state index contributed by atoms with van der Waals surface area (Å²) in [4.78, 5) is 10.9. The van der Waals surface area contributed by atoms with Crippen LogP contribution in [0.1, 0.15) is 18.1 Å². The highest BCUT2D eigenvalue weighted by atomic mass is 35.5. The number of amides is 1. The summed E-state index contributed by atoms with van der Waals surface area (Å²) in [5.74, 6) is -0.145. The lowest BCUT2D eigenvalue weighted by atomic mass is 10.1. The molecule has 2 aromatic rings. The second kappa shape index (κ2) is 5.40. The van der Waals surface area contributed by atoms with Gasteiger partial charge in [0.15, 0.2) is 5.82 Å². The van der Waals surface area contributed by atoms with E-state index in [1.165, 1.54) is 17.7 Å². The van der Waals surface area contributed by atoms with Crippen LogP contribution in [-0.2, 0) is 11.3 Å². The van der Waals surface area contributed by atoms with Crippen LogP contribution < -0.4 is 5.32 Å². The fourth-order valence-electron chi connectivity index (χ4n) is 1.72. The summed E-state index contributed by atoms with van der Waals surface area (Å²) < 4.78 is 15.3. The molecule has 1 N–H and O–H groups in total. The Morgan fingerprint density at radius 3 is 2.89 bits per heavy atom. The zero-order chi connectivity index (χ0) is 14.0. The summed E-state index contributed by atoms with van der Waals surface area (Å²) in [5.41, 5.74) is 1.20. The Balaban J connectivity index is 2.24. The molecule has 4 nitrogen and oxygen atoms in total. The molecule has 6 heteroatoms. The molecule has 1 amide bonds. The minimum atomic E-state index is -0.368. The van der Waals surface area contributed by atoms with Crippen LogP contribution in [0, 0.1) is 12.7 Å². The van der Waals surface area contributed by atoms with Crippen LogP contribution in [0.2, 0.25) is 5.02 Å². The van der Waals surface area contributed by atoms with Crippen molar-refractivity contribution in [1.29, 1.82) is 0 Å². The van der Waals surface area contributed by atoms with E-state index in [0.717, 1.165) is 5.56 Å². The Kier molecular flexibility index (Phi) is 3.85. The number of nitrogens with one attached hydrogen (secondary N) is 1. The molecule has 0 saturated heterocycles. The van der Waals surface area contributed by atoms with Gasteiger partial charge in [-0.05, 0) is 18.6 Å². The number of anilines is 1. The van der Waals surface area contributed by atoms with Crippen molar-refractivity contribution >= 4 is 23.3 Å². The number of halogens is 2. The highest BCUT2D eigenvalue weighted by Gasteiger charge is 2.11. The summed E-state index contributed by atoms with van der Waals surface area (Å²) in [6.07, 6.45) is 1.66. The third kappa shape index (κ3) is 3.12. The van der Waals surface area contributed by atoms with Gasteiger partial charge in [-0.25, -0.2) is 4.39 Å². The highest BCUT2D eigenvalue weighted by Crippen LogP contribution is 2.24. The van der Waals surface area contributed by atoms with Crippen molar-refractivity contribution in [3.8, 4) is 0 Å². The SMILES string of the molecule is CC(=O)Nc1ccn(Cc2c(F)ccc(C)c2Cl)n1. The van der Waals surface area contributed by atoms with Crippen LogP contribution in [0.25, 0.3) is 0 Å². The molecule has 19 heavy (non-hydrogen) atoms. The Bertz CT molecular complexity index is 624. The number of aromatic nitrogens is 2. The molecule has 0 aliphatic rings. The predicted octanol–water partition coefficient (Wildman–Crippen LogP) is 2.99. The molecule has 2 rings (SSSR count). The average molecular weight is 282 g/mol. The van der Waals surface area contributed by atoms with Gasteiger partial charge < -0.3 is 5.32 Å². The molecule has 0 saturated carbocycles. The molecule has 0 radical (unpaired) electrons. The van der Waals surface area contributed by atoms with E-state index in [0.29, 0.717) is 16.4 Å². The van der Waals surface area contributed by atoms with Crippen molar-refractivity contribution in [3.63, 3.8) is 0 Å². The van der Waals surface area contributed by atoms with Crippen LogP contribution in [-0.4, -0.2) is 15.7 Å². The van der Waals surface area contributed by atoms with Crippen LogP contribution in [0.4, 0.5) is 10.2 Å². The van der Waals surface area contributed by atoms with Crippen molar-refractivity contribution in [1.82, 2.24) is 9.78 Å². The van der Waals surface area contributed by atoms with Crippen LogP contribution in [0.3, 0.4) is 0 Å². The molecule has 100 valence electrons. The van der Waals surface area contributed by atoms with Crippen molar-refractivity contribution in [3.05, 3.63) is 46.4 Å². The Labute approximate surface area is 115 Å². The first-order valence-electron chi connectivity index (χ1n) is 5.72. The van der Waals surface area contributed by atoms with E-state index in [1.54, 1.807) is 18.3 Å². The van der Waals surface area contributed by atoms with E-state index in [-0.39, 0.29) is 18.3 Å². The topological polar surface area (TPSA) is 46.9 Å². The summed E-state index contributed by atoms with van der Waals surface area (Å²) in [6, 6.07) is 4.66. The number of hydrogen-bond donors (Lipinski definition) is 1. The molecule has 0 atom stereocenters. The van der Waals surface area contributed by atoms with Gasteiger partial charge in [-0.3, -0.25) is 9.48 Å². The maximum absolute atomic E-state index is 13.7. The second-order valence-corrected chi connectivity index (χ2v) is 4.61. The van der Waals surface area contributed by atoms with Gasteiger partial charge in [-0.2, -0.15) is 5.10 Å². The first-order valence-corrected chi connectivity index (χ1v) is 6.09. The van der Waals surface area contributed by atoms with Crippen LogP contribution in [0.5, 0.6) is 0 Å². The minimum absolute atomic E-state index is 0.204. The van der Waals surface area contributed by atoms with Crippen LogP contribution >= 0.6 is 11.6 Å². The molecule has 0 bridgehead atoms. The molecule has 0 aliphatic carbocycles. The third-order valence-electron chi connectivity index (χ3n) is 2.64. The fraction of sp³-hybridized carbons (Fsp3) is 0.231. The lowest BCUT2D eigenvalue weighted by Gasteiger charge is -2.08. The van der Waals surface area contributed by atoms with Gasteiger partial charge in [0.05, 0.1) is 11.6 Å². The normalized spacial score (nSPS) is 10.5. The molecule has 1 heterocycles. The standard InChI is InChI=1S/C13H13ClFN3O/c1-8-3-4-11(15)10(13(8)14)7-18-6-5-12(17-18)16-9(2)19/h3-6H,7H2,1-2H3,(H,16,17,19). The first-order chi connectivity index (χ1) is 8.97.